The van der Waals surface area contributed by atoms with Crippen molar-refractivity contribution < 1.29 is 38.2 Å². The maximum atomic E-state index is 13.2. The summed E-state index contributed by atoms with van der Waals surface area (Å²) in [5.41, 5.74) is -0.226. The van der Waals surface area contributed by atoms with Crippen molar-refractivity contribution in [3.05, 3.63) is 47.4 Å². The number of furan rings is 1. The highest BCUT2D eigenvalue weighted by Gasteiger charge is 2.54. The first-order valence-corrected chi connectivity index (χ1v) is 12.6. The van der Waals surface area contributed by atoms with Crippen LogP contribution in [0, 0.1) is 12.3 Å². The predicted octanol–water partition coefficient (Wildman–Crippen LogP) is 1.74. The monoisotopic (exact) mass is 525 g/mol. The molecule has 2 aliphatic heterocycles. The zero-order valence-electron chi connectivity index (χ0n) is 21.5. The molecule has 1 aromatic carbocycles. The first-order chi connectivity index (χ1) is 18.1. The number of hydrogen-bond donors (Lipinski definition) is 3. The SMILES string of the molecule is COC(=O)[C@@H]1CCCN1C(=O)c1cccc(NC2C(=O)C(=O)C2N[C@@H](c2ccc(C)o2)C2(C)COC2)c1O. The molecule has 0 radical (unpaired) electrons. The predicted molar refractivity (Wildman–Crippen MR) is 134 cm³/mol. The summed E-state index contributed by atoms with van der Waals surface area (Å²) in [6.07, 6.45) is 1.11. The third-order valence-electron chi connectivity index (χ3n) is 7.66. The fraction of sp³-hybridized carbons (Fsp3) is 0.481. The average Bonchev–Trinajstić information content (AvgIpc) is 3.56. The highest BCUT2D eigenvalue weighted by atomic mass is 16.5. The summed E-state index contributed by atoms with van der Waals surface area (Å²) in [6.45, 7) is 5.12. The van der Waals surface area contributed by atoms with Crippen molar-refractivity contribution in [1.29, 1.82) is 0 Å². The number of carbonyl (C=O) groups is 4. The van der Waals surface area contributed by atoms with Crippen molar-refractivity contribution in [2.75, 3.05) is 32.2 Å². The lowest BCUT2D eigenvalue weighted by molar-refractivity contribution is -0.150. The molecule has 2 saturated heterocycles. The third kappa shape index (κ3) is 4.35. The Morgan fingerprint density at radius 2 is 1.89 bits per heavy atom. The van der Waals surface area contributed by atoms with E-state index in [1.165, 1.54) is 24.1 Å². The van der Waals surface area contributed by atoms with E-state index in [-0.39, 0.29) is 28.5 Å². The zero-order valence-corrected chi connectivity index (χ0v) is 21.5. The van der Waals surface area contributed by atoms with Crippen molar-refractivity contribution in [3.8, 4) is 5.75 Å². The number of para-hydroxylation sites is 1. The smallest absolute Gasteiger partial charge is 0.328 e. The molecule has 1 amide bonds. The Hall–Kier alpha value is -3.70. The van der Waals surface area contributed by atoms with Crippen molar-refractivity contribution in [2.24, 2.45) is 5.41 Å². The molecule has 3 N–H and O–H groups in total. The van der Waals surface area contributed by atoms with E-state index in [1.807, 2.05) is 26.0 Å². The van der Waals surface area contributed by atoms with Crippen LogP contribution < -0.4 is 10.6 Å². The van der Waals surface area contributed by atoms with E-state index in [2.05, 4.69) is 10.6 Å². The molecule has 2 aromatic rings. The van der Waals surface area contributed by atoms with Gasteiger partial charge in [0.1, 0.15) is 29.6 Å². The van der Waals surface area contributed by atoms with Crippen molar-refractivity contribution >= 4 is 29.1 Å². The molecule has 3 fully saturated rings. The van der Waals surface area contributed by atoms with Gasteiger partial charge in [0.05, 0.1) is 37.6 Å². The van der Waals surface area contributed by atoms with Gasteiger partial charge in [0, 0.05) is 12.0 Å². The van der Waals surface area contributed by atoms with Gasteiger partial charge >= 0.3 is 5.97 Å². The van der Waals surface area contributed by atoms with Crippen LogP contribution in [-0.2, 0) is 23.9 Å². The van der Waals surface area contributed by atoms with E-state index >= 15 is 0 Å². The number of carbonyl (C=O) groups excluding carboxylic acids is 4. The lowest BCUT2D eigenvalue weighted by atomic mass is 9.76. The minimum absolute atomic E-state index is 0.0172. The fourth-order valence-electron chi connectivity index (χ4n) is 5.39. The highest BCUT2D eigenvalue weighted by molar-refractivity contribution is 6.49. The van der Waals surface area contributed by atoms with Crippen molar-refractivity contribution in [1.82, 2.24) is 10.2 Å². The van der Waals surface area contributed by atoms with Gasteiger partial charge in [-0.05, 0) is 44.0 Å². The molecule has 1 saturated carbocycles. The molecule has 38 heavy (non-hydrogen) atoms. The normalized spacial score (nSPS) is 24.9. The molecule has 11 nitrogen and oxygen atoms in total. The molecule has 1 aliphatic carbocycles. The number of nitrogens with one attached hydrogen (secondary N) is 2. The van der Waals surface area contributed by atoms with E-state index in [9.17, 15) is 24.3 Å². The summed E-state index contributed by atoms with van der Waals surface area (Å²) in [6, 6.07) is 5.26. The quantitative estimate of drug-likeness (QED) is 0.264. The van der Waals surface area contributed by atoms with Gasteiger partial charge in [-0.2, -0.15) is 0 Å². The van der Waals surface area contributed by atoms with E-state index in [0.717, 1.165) is 5.76 Å². The molecule has 3 aliphatic rings. The Bertz CT molecular complexity index is 1280. The minimum atomic E-state index is -0.962. The molecule has 1 aromatic heterocycles. The molecular weight excluding hydrogens is 494 g/mol. The number of aromatic hydroxyl groups is 1. The van der Waals surface area contributed by atoms with Crippen LogP contribution in [-0.4, -0.2) is 78.4 Å². The van der Waals surface area contributed by atoms with Crippen LogP contribution in [0.25, 0.3) is 0 Å². The number of methoxy groups -OCH3 is 1. The average molecular weight is 526 g/mol. The van der Waals surface area contributed by atoms with Gasteiger partial charge in [-0.3, -0.25) is 19.7 Å². The van der Waals surface area contributed by atoms with E-state index in [1.54, 1.807) is 6.07 Å². The number of hydrogen-bond acceptors (Lipinski definition) is 10. The largest absolute Gasteiger partial charge is 0.505 e. The Kier molecular flexibility index (Phi) is 6.74. The second kappa shape index (κ2) is 9.88. The Labute approximate surface area is 219 Å². The summed E-state index contributed by atoms with van der Waals surface area (Å²) >= 11 is 0. The van der Waals surface area contributed by atoms with Gasteiger partial charge in [0.25, 0.3) is 5.91 Å². The Morgan fingerprint density at radius 1 is 1.16 bits per heavy atom. The first-order valence-electron chi connectivity index (χ1n) is 12.6. The van der Waals surface area contributed by atoms with Gasteiger partial charge in [-0.1, -0.05) is 13.0 Å². The molecule has 0 bridgehead atoms. The first kappa shape index (κ1) is 25.9. The van der Waals surface area contributed by atoms with E-state index in [4.69, 9.17) is 13.9 Å². The summed E-state index contributed by atoms with van der Waals surface area (Å²) in [4.78, 5) is 52.0. The lowest BCUT2D eigenvalue weighted by Gasteiger charge is -2.47. The van der Waals surface area contributed by atoms with E-state index < -0.39 is 41.6 Å². The van der Waals surface area contributed by atoms with Crippen LogP contribution in [0.15, 0.2) is 34.7 Å². The minimum Gasteiger partial charge on any atom is -0.505 e. The number of esters is 1. The van der Waals surface area contributed by atoms with Crippen LogP contribution >= 0.6 is 0 Å². The molecule has 0 spiro atoms. The molecular formula is C27H31N3O8. The van der Waals surface area contributed by atoms with Crippen LogP contribution in [0.3, 0.4) is 0 Å². The summed E-state index contributed by atoms with van der Waals surface area (Å²) in [5, 5.41) is 17.2. The van der Waals surface area contributed by atoms with Gasteiger partial charge in [-0.25, -0.2) is 4.79 Å². The van der Waals surface area contributed by atoms with Gasteiger partial charge in [-0.15, -0.1) is 0 Å². The molecule has 2 unspecified atom stereocenters. The van der Waals surface area contributed by atoms with Gasteiger partial charge in [0.15, 0.2) is 5.75 Å². The molecule has 5 rings (SSSR count). The number of rotatable bonds is 8. The second-order valence-electron chi connectivity index (χ2n) is 10.4. The number of ketones is 2. The number of amides is 1. The summed E-state index contributed by atoms with van der Waals surface area (Å²) < 4.78 is 16.1. The van der Waals surface area contributed by atoms with Crippen molar-refractivity contribution in [3.63, 3.8) is 0 Å². The number of aryl methyl sites for hydroxylation is 1. The van der Waals surface area contributed by atoms with Crippen LogP contribution in [0.2, 0.25) is 0 Å². The third-order valence-corrected chi connectivity index (χ3v) is 7.66. The van der Waals surface area contributed by atoms with Crippen LogP contribution in [0.1, 0.15) is 47.7 Å². The number of anilines is 1. The number of benzene rings is 1. The van der Waals surface area contributed by atoms with Crippen LogP contribution in [0.4, 0.5) is 5.69 Å². The Balaban J connectivity index is 1.36. The molecule has 202 valence electrons. The number of nitrogens with zero attached hydrogens (tertiary/aromatic N) is 1. The van der Waals surface area contributed by atoms with E-state index in [0.29, 0.717) is 38.4 Å². The topological polar surface area (TPSA) is 147 Å². The summed E-state index contributed by atoms with van der Waals surface area (Å²) in [5.74, 6) is -1.24. The Morgan fingerprint density at radius 3 is 2.53 bits per heavy atom. The van der Waals surface area contributed by atoms with Gasteiger partial charge in [0.2, 0.25) is 11.6 Å². The number of phenols is 1. The number of likely N-dealkylation sites (tertiary alicyclic amines) is 1. The van der Waals surface area contributed by atoms with Crippen molar-refractivity contribution in [2.45, 2.75) is 50.9 Å². The lowest BCUT2D eigenvalue weighted by Crippen LogP contribution is -2.69. The number of Topliss-reactive ketones (excluding diaryl/α,β-unsaturated/α-hetero) is 2. The standard InChI is InChI=1S/C27H31N3O8/c1-14-9-10-18(38-14)24(27(2)12-37-13-27)29-20-19(22(32)23(20)33)28-16-7-4-6-15(21(16)31)25(34)30-11-5-8-17(30)26(35)36-3/h4,6-7,9-10,17,19-20,24,28-29,31H,5,8,11-13H2,1-3H3/t17-,19?,20?,24-/m0/s1. The fourth-order valence-corrected chi connectivity index (χ4v) is 5.39. The zero-order chi connectivity index (χ0) is 27.2. The number of phenolic OH excluding ortho intramolecular Hbond substituents is 1. The highest BCUT2D eigenvalue weighted by Crippen LogP contribution is 2.42. The second-order valence-corrected chi connectivity index (χ2v) is 10.4. The maximum absolute atomic E-state index is 13.2. The molecule has 11 heteroatoms. The molecule has 4 atom stereocenters. The maximum Gasteiger partial charge on any atom is 0.328 e. The summed E-state index contributed by atoms with van der Waals surface area (Å²) in [7, 11) is 1.27. The number of ether oxygens (including phenoxy) is 2. The molecule has 3 heterocycles. The van der Waals surface area contributed by atoms with Crippen LogP contribution in [0.5, 0.6) is 5.75 Å². The van der Waals surface area contributed by atoms with Gasteiger partial charge < -0.3 is 29.2 Å².